The lowest BCUT2D eigenvalue weighted by Gasteiger charge is -2.39. The minimum Gasteiger partial charge on any atom is -0.379 e. The number of hydrogen-bond acceptors (Lipinski definition) is 5. The predicted molar refractivity (Wildman–Crippen MR) is 98.4 cm³/mol. The molecule has 0 saturated carbocycles. The highest BCUT2D eigenvalue weighted by Crippen LogP contribution is 2.23. The van der Waals surface area contributed by atoms with Gasteiger partial charge in [0.05, 0.1) is 19.4 Å². The Labute approximate surface area is 153 Å². The Morgan fingerprint density at radius 2 is 2.04 bits per heavy atom. The van der Waals surface area contributed by atoms with Crippen LogP contribution in [0.25, 0.3) is 5.65 Å². The van der Waals surface area contributed by atoms with Gasteiger partial charge < -0.3 is 9.64 Å². The summed E-state index contributed by atoms with van der Waals surface area (Å²) in [5, 5.41) is 4.40. The van der Waals surface area contributed by atoms with Crippen LogP contribution in [0.15, 0.2) is 12.3 Å². The lowest BCUT2D eigenvalue weighted by molar-refractivity contribution is 0.0166. The molecule has 2 aliphatic heterocycles. The number of hydrogen-bond donors (Lipinski definition) is 0. The fourth-order valence-corrected chi connectivity index (χ4v) is 4.12. The van der Waals surface area contributed by atoms with Gasteiger partial charge in [-0.2, -0.15) is 5.10 Å². The van der Waals surface area contributed by atoms with Gasteiger partial charge in [0.25, 0.3) is 5.91 Å². The maximum atomic E-state index is 13.3. The number of carbonyl (C=O) groups excluding carboxylic acids is 1. The third-order valence-corrected chi connectivity index (χ3v) is 5.47. The number of fused-ring (bicyclic) bond motifs is 1. The van der Waals surface area contributed by atoms with Crippen LogP contribution in [0.3, 0.4) is 0 Å². The Balaban J connectivity index is 1.59. The number of nitrogens with zero attached hydrogens (tertiary/aromatic N) is 5. The second-order valence-electron chi connectivity index (χ2n) is 7.39. The zero-order chi connectivity index (χ0) is 18.1. The van der Waals surface area contributed by atoms with Gasteiger partial charge in [-0.25, -0.2) is 9.50 Å². The molecule has 4 heterocycles. The fourth-order valence-electron chi connectivity index (χ4n) is 4.12. The van der Waals surface area contributed by atoms with Crippen LogP contribution in [0, 0.1) is 13.8 Å². The first-order valence-electron chi connectivity index (χ1n) is 9.56. The first-order valence-corrected chi connectivity index (χ1v) is 9.56. The monoisotopic (exact) mass is 357 g/mol. The van der Waals surface area contributed by atoms with Gasteiger partial charge in [0.1, 0.15) is 5.56 Å². The molecule has 7 heteroatoms. The van der Waals surface area contributed by atoms with Crippen molar-refractivity contribution < 1.29 is 9.53 Å². The molecular weight excluding hydrogens is 330 g/mol. The van der Waals surface area contributed by atoms with E-state index in [1.807, 2.05) is 19.9 Å². The third kappa shape index (κ3) is 3.33. The normalized spacial score (nSPS) is 22.1. The summed E-state index contributed by atoms with van der Waals surface area (Å²) in [7, 11) is 0. The lowest BCUT2D eigenvalue weighted by Crippen LogP contribution is -2.51. The molecule has 26 heavy (non-hydrogen) atoms. The van der Waals surface area contributed by atoms with E-state index in [0.717, 1.165) is 63.6 Å². The van der Waals surface area contributed by atoms with Crippen LogP contribution in [0.4, 0.5) is 0 Å². The van der Waals surface area contributed by atoms with Gasteiger partial charge in [-0.3, -0.25) is 9.69 Å². The van der Waals surface area contributed by atoms with E-state index in [0.29, 0.717) is 11.2 Å². The van der Waals surface area contributed by atoms with Crippen molar-refractivity contribution in [1.29, 1.82) is 0 Å². The lowest BCUT2D eigenvalue weighted by atomic mass is 10.0. The number of ether oxygens (including phenoxy) is 1. The Bertz CT molecular complexity index is 797. The largest absolute Gasteiger partial charge is 0.379 e. The molecule has 4 rings (SSSR count). The van der Waals surface area contributed by atoms with Crippen molar-refractivity contribution in [3.05, 3.63) is 29.2 Å². The van der Waals surface area contributed by atoms with E-state index in [9.17, 15) is 4.79 Å². The first-order chi connectivity index (χ1) is 12.6. The fraction of sp³-hybridized carbons (Fsp3) is 0.632. The van der Waals surface area contributed by atoms with Gasteiger partial charge in [0, 0.05) is 43.6 Å². The van der Waals surface area contributed by atoms with Crippen LogP contribution in [0.5, 0.6) is 0 Å². The molecule has 0 aromatic carbocycles. The van der Waals surface area contributed by atoms with Crippen LogP contribution in [-0.2, 0) is 4.74 Å². The van der Waals surface area contributed by atoms with Crippen LogP contribution in [0.1, 0.15) is 41.0 Å². The number of likely N-dealkylation sites (tertiary alicyclic amines) is 1. The Kier molecular flexibility index (Phi) is 4.91. The molecule has 0 bridgehead atoms. The molecule has 0 N–H and O–H groups in total. The highest BCUT2D eigenvalue weighted by atomic mass is 16.5. The third-order valence-electron chi connectivity index (χ3n) is 5.47. The summed E-state index contributed by atoms with van der Waals surface area (Å²) in [6, 6.07) is 2.24. The molecule has 1 unspecified atom stereocenters. The van der Waals surface area contributed by atoms with Crippen LogP contribution in [0.2, 0.25) is 0 Å². The minimum atomic E-state index is 0.0652. The van der Waals surface area contributed by atoms with E-state index in [4.69, 9.17) is 4.74 Å². The Morgan fingerprint density at radius 1 is 1.23 bits per heavy atom. The van der Waals surface area contributed by atoms with Gasteiger partial charge in [-0.15, -0.1) is 0 Å². The number of amides is 1. The molecule has 2 aromatic heterocycles. The summed E-state index contributed by atoms with van der Waals surface area (Å²) in [4.78, 5) is 22.4. The molecule has 2 aromatic rings. The first kappa shape index (κ1) is 17.4. The van der Waals surface area contributed by atoms with Crippen LogP contribution >= 0.6 is 0 Å². The molecule has 1 atom stereocenters. The topological polar surface area (TPSA) is 63.0 Å². The number of morpholine rings is 1. The quantitative estimate of drug-likeness (QED) is 0.836. The zero-order valence-electron chi connectivity index (χ0n) is 15.6. The van der Waals surface area contributed by atoms with E-state index >= 15 is 0 Å². The Morgan fingerprint density at radius 3 is 2.85 bits per heavy atom. The molecule has 1 amide bonds. The summed E-state index contributed by atoms with van der Waals surface area (Å²) in [6.07, 6.45) is 4.99. The average Bonchev–Trinajstić information content (AvgIpc) is 3.06. The molecule has 7 nitrogen and oxygen atoms in total. The van der Waals surface area contributed by atoms with Gasteiger partial charge in [-0.05, 0) is 39.2 Å². The standard InChI is InChI=1S/C19H27N5O2/c1-14-11-15(2)24-18(21-14)17(12-20-24)19(25)23-6-4-3-5-16(23)13-22-7-9-26-10-8-22/h11-12,16H,3-10,13H2,1-2H3. The van der Waals surface area contributed by atoms with Crippen molar-refractivity contribution >= 4 is 11.6 Å². The highest BCUT2D eigenvalue weighted by Gasteiger charge is 2.31. The van der Waals surface area contributed by atoms with Gasteiger partial charge in [0.15, 0.2) is 5.65 Å². The maximum absolute atomic E-state index is 13.3. The highest BCUT2D eigenvalue weighted by molar-refractivity contribution is 6.00. The molecule has 2 saturated heterocycles. The second-order valence-corrected chi connectivity index (χ2v) is 7.39. The molecule has 0 spiro atoms. The maximum Gasteiger partial charge on any atom is 0.259 e. The van der Waals surface area contributed by atoms with E-state index in [-0.39, 0.29) is 11.9 Å². The van der Waals surface area contributed by atoms with Crippen molar-refractivity contribution in [1.82, 2.24) is 24.4 Å². The number of carbonyl (C=O) groups is 1. The van der Waals surface area contributed by atoms with Crippen molar-refractivity contribution in [2.24, 2.45) is 0 Å². The second kappa shape index (κ2) is 7.32. The average molecular weight is 357 g/mol. The van der Waals surface area contributed by atoms with Crippen molar-refractivity contribution in [3.63, 3.8) is 0 Å². The minimum absolute atomic E-state index is 0.0652. The van der Waals surface area contributed by atoms with E-state index in [2.05, 4.69) is 19.9 Å². The van der Waals surface area contributed by atoms with Crippen LogP contribution in [-0.4, -0.2) is 75.7 Å². The predicted octanol–water partition coefficient (Wildman–Crippen LogP) is 1.67. The summed E-state index contributed by atoms with van der Waals surface area (Å²) in [5.74, 6) is 0.0652. The van der Waals surface area contributed by atoms with Gasteiger partial charge in [0.2, 0.25) is 0 Å². The molecular formula is C19H27N5O2. The number of piperidine rings is 1. The van der Waals surface area contributed by atoms with Crippen LogP contribution < -0.4 is 0 Å². The number of aromatic nitrogens is 3. The van der Waals surface area contributed by atoms with Crippen molar-refractivity contribution in [2.45, 2.75) is 39.2 Å². The summed E-state index contributed by atoms with van der Waals surface area (Å²) >= 11 is 0. The molecule has 140 valence electrons. The SMILES string of the molecule is Cc1cc(C)n2ncc(C(=O)N3CCCCC3CN3CCOCC3)c2n1. The molecule has 2 fully saturated rings. The van der Waals surface area contributed by atoms with Gasteiger partial charge >= 0.3 is 0 Å². The molecule has 2 aliphatic rings. The number of aryl methyl sites for hydroxylation is 2. The van der Waals surface area contributed by atoms with E-state index < -0.39 is 0 Å². The van der Waals surface area contributed by atoms with Gasteiger partial charge in [-0.1, -0.05) is 0 Å². The van der Waals surface area contributed by atoms with E-state index in [1.165, 1.54) is 6.42 Å². The van der Waals surface area contributed by atoms with E-state index in [1.54, 1.807) is 10.7 Å². The van der Waals surface area contributed by atoms with Crippen molar-refractivity contribution in [2.75, 3.05) is 39.4 Å². The smallest absolute Gasteiger partial charge is 0.259 e. The number of rotatable bonds is 3. The van der Waals surface area contributed by atoms with Crippen molar-refractivity contribution in [3.8, 4) is 0 Å². The summed E-state index contributed by atoms with van der Waals surface area (Å²) < 4.78 is 7.22. The zero-order valence-corrected chi connectivity index (χ0v) is 15.6. The molecule has 0 radical (unpaired) electrons. The Hall–Kier alpha value is -1.99. The molecule has 0 aliphatic carbocycles. The summed E-state index contributed by atoms with van der Waals surface area (Å²) in [5.41, 5.74) is 3.19. The summed E-state index contributed by atoms with van der Waals surface area (Å²) in [6.45, 7) is 9.18.